The number of nitrogens with zero attached hydrogens (tertiary/aromatic N) is 2. The van der Waals surface area contributed by atoms with Gasteiger partial charge in [-0.15, -0.1) is 0 Å². The van der Waals surface area contributed by atoms with Crippen LogP contribution in [0.3, 0.4) is 0 Å². The maximum atomic E-state index is 14.7. The highest BCUT2D eigenvalue weighted by Gasteiger charge is 2.26. The SMILES string of the molecule is Cc1cc(Oc2cccc(F)c2F)ccc1-n1ncc(C(=O)C2=Cc3cc(F)c(CS(=O)(=O)CCCF)cc3C2)c1N. The highest BCUT2D eigenvalue weighted by Crippen LogP contribution is 2.33. The monoisotopic (exact) mass is 599 g/mol. The smallest absolute Gasteiger partial charge is 0.201 e. The van der Waals surface area contributed by atoms with Crippen molar-refractivity contribution in [1.29, 1.82) is 0 Å². The summed E-state index contributed by atoms with van der Waals surface area (Å²) < 4.78 is 85.9. The van der Waals surface area contributed by atoms with Gasteiger partial charge in [0.2, 0.25) is 5.82 Å². The topological polar surface area (TPSA) is 104 Å². The number of fused-ring (bicyclic) bond motifs is 1. The van der Waals surface area contributed by atoms with Crippen molar-refractivity contribution in [2.24, 2.45) is 0 Å². The van der Waals surface area contributed by atoms with Crippen molar-refractivity contribution in [1.82, 2.24) is 9.78 Å². The average Bonchev–Trinajstić information content (AvgIpc) is 3.53. The number of halogens is 4. The molecule has 1 aliphatic carbocycles. The number of aryl methyl sites for hydroxylation is 1. The van der Waals surface area contributed by atoms with Crippen molar-refractivity contribution in [3.8, 4) is 17.2 Å². The van der Waals surface area contributed by atoms with Gasteiger partial charge in [-0.3, -0.25) is 9.18 Å². The van der Waals surface area contributed by atoms with Crippen molar-refractivity contribution in [3.63, 3.8) is 0 Å². The van der Waals surface area contributed by atoms with E-state index in [0.29, 0.717) is 28.0 Å². The molecule has 0 aliphatic heterocycles. The fraction of sp³-hybridized carbons (Fsp3) is 0.200. The molecule has 3 aromatic carbocycles. The van der Waals surface area contributed by atoms with Gasteiger partial charge in [0.1, 0.15) is 17.4 Å². The Morgan fingerprint density at radius 1 is 1.10 bits per heavy atom. The van der Waals surface area contributed by atoms with E-state index in [0.717, 1.165) is 6.07 Å². The number of alkyl halides is 1. The van der Waals surface area contributed by atoms with Gasteiger partial charge < -0.3 is 10.5 Å². The number of benzene rings is 3. The van der Waals surface area contributed by atoms with Crippen LogP contribution in [-0.4, -0.2) is 36.4 Å². The molecule has 0 fully saturated rings. The third-order valence-electron chi connectivity index (χ3n) is 6.87. The number of anilines is 1. The van der Waals surface area contributed by atoms with E-state index in [9.17, 15) is 30.8 Å². The van der Waals surface area contributed by atoms with Crippen molar-refractivity contribution in [2.75, 3.05) is 18.2 Å². The summed E-state index contributed by atoms with van der Waals surface area (Å²) >= 11 is 0. The number of allylic oxidation sites excluding steroid dienone is 1. The summed E-state index contributed by atoms with van der Waals surface area (Å²) in [7, 11) is -3.70. The van der Waals surface area contributed by atoms with E-state index in [4.69, 9.17) is 10.5 Å². The van der Waals surface area contributed by atoms with E-state index >= 15 is 0 Å². The number of carbonyl (C=O) groups excluding carboxylic acids is 1. The molecule has 0 unspecified atom stereocenters. The molecule has 218 valence electrons. The number of nitrogens with two attached hydrogens (primary N) is 1. The van der Waals surface area contributed by atoms with Crippen molar-refractivity contribution in [2.45, 2.75) is 25.5 Å². The lowest BCUT2D eigenvalue weighted by Gasteiger charge is -2.12. The molecule has 0 saturated carbocycles. The molecule has 42 heavy (non-hydrogen) atoms. The van der Waals surface area contributed by atoms with Crippen molar-refractivity contribution < 1.29 is 35.5 Å². The van der Waals surface area contributed by atoms with E-state index in [-0.39, 0.29) is 47.0 Å². The second-order valence-corrected chi connectivity index (χ2v) is 12.1. The average molecular weight is 600 g/mol. The Bertz CT molecular complexity index is 1850. The molecule has 1 aliphatic rings. The molecule has 1 heterocycles. The van der Waals surface area contributed by atoms with Gasteiger partial charge in [-0.25, -0.2) is 21.9 Å². The molecule has 4 aromatic rings. The lowest BCUT2D eigenvalue weighted by Crippen LogP contribution is -2.11. The fourth-order valence-electron chi connectivity index (χ4n) is 4.77. The first-order chi connectivity index (χ1) is 20.0. The lowest BCUT2D eigenvalue weighted by molar-refractivity contribution is 0.103. The minimum atomic E-state index is -3.70. The van der Waals surface area contributed by atoms with E-state index in [2.05, 4.69) is 5.10 Å². The fourth-order valence-corrected chi connectivity index (χ4v) is 6.16. The largest absolute Gasteiger partial charge is 0.454 e. The predicted octanol–water partition coefficient (Wildman–Crippen LogP) is 6.07. The second-order valence-electron chi connectivity index (χ2n) is 9.91. The zero-order valence-electron chi connectivity index (χ0n) is 22.3. The summed E-state index contributed by atoms with van der Waals surface area (Å²) in [4.78, 5) is 13.4. The van der Waals surface area contributed by atoms with Crippen molar-refractivity contribution >= 4 is 27.5 Å². The predicted molar refractivity (Wildman–Crippen MR) is 150 cm³/mol. The van der Waals surface area contributed by atoms with Crippen LogP contribution >= 0.6 is 0 Å². The van der Waals surface area contributed by atoms with Crippen LogP contribution in [0.15, 0.2) is 60.3 Å². The third-order valence-corrected chi connectivity index (χ3v) is 8.53. The van der Waals surface area contributed by atoms with Crippen LogP contribution in [0, 0.1) is 24.4 Å². The van der Waals surface area contributed by atoms with Crippen LogP contribution in [0.5, 0.6) is 11.5 Å². The van der Waals surface area contributed by atoms with Crippen LogP contribution in [0.2, 0.25) is 0 Å². The minimum absolute atomic E-state index is 0.0370. The number of aromatic nitrogens is 2. The maximum Gasteiger partial charge on any atom is 0.201 e. The number of ketones is 1. The van der Waals surface area contributed by atoms with Crippen LogP contribution in [0.4, 0.5) is 23.4 Å². The number of ether oxygens (including phenoxy) is 1. The second kappa shape index (κ2) is 11.4. The van der Waals surface area contributed by atoms with Crippen LogP contribution in [0.1, 0.15) is 39.0 Å². The number of hydrogen-bond donors (Lipinski definition) is 1. The van der Waals surface area contributed by atoms with Crippen LogP contribution in [-0.2, 0) is 22.0 Å². The zero-order chi connectivity index (χ0) is 30.2. The molecule has 12 heteroatoms. The lowest BCUT2D eigenvalue weighted by atomic mass is 10.0. The summed E-state index contributed by atoms with van der Waals surface area (Å²) in [5.74, 6) is -4.21. The number of sulfone groups is 1. The van der Waals surface area contributed by atoms with Gasteiger partial charge in [-0.1, -0.05) is 12.1 Å². The molecule has 0 amide bonds. The molecular formula is C30H25F4N3O4S. The van der Waals surface area contributed by atoms with Crippen LogP contribution in [0.25, 0.3) is 11.8 Å². The number of carbonyl (C=O) groups is 1. The Hall–Kier alpha value is -4.45. The molecule has 0 spiro atoms. The third kappa shape index (κ3) is 5.80. The molecular weight excluding hydrogens is 574 g/mol. The Morgan fingerprint density at radius 3 is 2.62 bits per heavy atom. The summed E-state index contributed by atoms with van der Waals surface area (Å²) in [6.07, 6.45) is 2.83. The Kier molecular flexibility index (Phi) is 7.91. The first-order valence-corrected chi connectivity index (χ1v) is 14.7. The number of Topliss-reactive ketones (excluding diaryl/α,β-unsaturated/α-hetero) is 1. The van der Waals surface area contributed by atoms with Gasteiger partial charge in [-0.2, -0.15) is 9.49 Å². The highest BCUT2D eigenvalue weighted by atomic mass is 32.2. The summed E-state index contributed by atoms with van der Waals surface area (Å²) in [6.45, 7) is 0.949. The molecule has 5 rings (SSSR count). The molecule has 0 atom stereocenters. The summed E-state index contributed by atoms with van der Waals surface area (Å²) in [6, 6.07) is 10.9. The van der Waals surface area contributed by atoms with Gasteiger partial charge in [0, 0.05) is 17.6 Å². The number of hydrogen-bond acceptors (Lipinski definition) is 6. The Labute approximate surface area is 239 Å². The number of rotatable bonds is 10. The van der Waals surface area contributed by atoms with Gasteiger partial charge in [0.15, 0.2) is 27.2 Å². The normalized spacial score (nSPS) is 12.7. The van der Waals surface area contributed by atoms with Gasteiger partial charge in [0.25, 0.3) is 0 Å². The summed E-state index contributed by atoms with van der Waals surface area (Å²) in [5.41, 5.74) is 8.89. The Balaban J connectivity index is 1.34. The van der Waals surface area contributed by atoms with Gasteiger partial charge in [-0.05, 0) is 72.5 Å². The van der Waals surface area contributed by atoms with E-state index in [1.165, 1.54) is 47.3 Å². The number of nitrogen functional groups attached to an aromatic ring is 1. The summed E-state index contributed by atoms with van der Waals surface area (Å²) in [5, 5.41) is 4.26. The molecule has 0 radical (unpaired) electrons. The first-order valence-electron chi connectivity index (χ1n) is 12.9. The van der Waals surface area contributed by atoms with Crippen LogP contribution < -0.4 is 10.5 Å². The van der Waals surface area contributed by atoms with Crippen molar-refractivity contribution in [3.05, 3.63) is 106 Å². The maximum absolute atomic E-state index is 14.7. The van der Waals surface area contributed by atoms with E-state index < -0.39 is 45.5 Å². The zero-order valence-corrected chi connectivity index (χ0v) is 23.2. The quantitative estimate of drug-likeness (QED) is 0.175. The first kappa shape index (κ1) is 29.1. The standard InChI is InChI=1S/C30H25F4N3O4S/c1-17-10-22(41-27-5-2-4-24(32)28(27)34)6-7-26(17)37-30(35)23(15-36-37)29(38)20-11-18-13-21(25(33)14-19(18)12-20)16-42(39,40)9-3-8-31/h2,4-7,10,12-15H,3,8-9,11,16,35H2,1H3. The van der Waals surface area contributed by atoms with Gasteiger partial charge >= 0.3 is 0 Å². The van der Waals surface area contributed by atoms with Gasteiger partial charge in [0.05, 0.1) is 35.6 Å². The molecule has 1 aromatic heterocycles. The van der Waals surface area contributed by atoms with E-state index in [1.807, 2.05) is 0 Å². The molecule has 0 saturated heterocycles. The molecule has 7 nitrogen and oxygen atoms in total. The highest BCUT2D eigenvalue weighted by molar-refractivity contribution is 7.90. The molecule has 0 bridgehead atoms. The minimum Gasteiger partial charge on any atom is -0.454 e. The Morgan fingerprint density at radius 2 is 1.88 bits per heavy atom. The molecule has 2 N–H and O–H groups in total. The van der Waals surface area contributed by atoms with E-state index in [1.54, 1.807) is 19.1 Å².